The molecule has 2 aliphatic rings. The van der Waals surface area contributed by atoms with Crippen LogP contribution in [0.4, 0.5) is 0 Å². The SMILES string of the molecule is CN1CCN(CC2(O)CCC(C(C)(C)C)CC2)C[C@@H](C(=O)N(C)C)C1. The molecule has 0 spiro atoms. The fraction of sp³-hybridized carbons (Fsp3) is 0.950. The van der Waals surface area contributed by atoms with E-state index >= 15 is 0 Å². The molecule has 0 unspecified atom stereocenters. The summed E-state index contributed by atoms with van der Waals surface area (Å²) >= 11 is 0. The van der Waals surface area contributed by atoms with Crippen molar-refractivity contribution in [2.24, 2.45) is 17.3 Å². The molecule has 1 aliphatic heterocycles. The largest absolute Gasteiger partial charge is 0.389 e. The molecule has 2 fully saturated rings. The minimum absolute atomic E-state index is 0.00276. The normalized spacial score (nSPS) is 33.1. The summed E-state index contributed by atoms with van der Waals surface area (Å²) < 4.78 is 0. The van der Waals surface area contributed by atoms with Gasteiger partial charge in [0.05, 0.1) is 11.5 Å². The van der Waals surface area contributed by atoms with Crippen LogP contribution in [0.2, 0.25) is 0 Å². The number of nitrogens with zero attached hydrogens (tertiary/aromatic N) is 3. The van der Waals surface area contributed by atoms with Crippen LogP contribution in [-0.4, -0.2) is 85.2 Å². The average molecular weight is 354 g/mol. The number of hydrogen-bond acceptors (Lipinski definition) is 4. The summed E-state index contributed by atoms with van der Waals surface area (Å²) in [5, 5.41) is 11.1. The van der Waals surface area contributed by atoms with E-state index in [2.05, 4.69) is 37.6 Å². The van der Waals surface area contributed by atoms with E-state index in [0.29, 0.717) is 17.9 Å². The van der Waals surface area contributed by atoms with Crippen molar-refractivity contribution < 1.29 is 9.90 Å². The van der Waals surface area contributed by atoms with Gasteiger partial charge in [-0.2, -0.15) is 0 Å². The summed E-state index contributed by atoms with van der Waals surface area (Å²) in [5.74, 6) is 0.894. The maximum Gasteiger partial charge on any atom is 0.227 e. The van der Waals surface area contributed by atoms with Gasteiger partial charge in [0.1, 0.15) is 0 Å². The zero-order chi connectivity index (χ0) is 18.8. The van der Waals surface area contributed by atoms with E-state index in [-0.39, 0.29) is 11.8 Å². The molecule has 0 aromatic carbocycles. The van der Waals surface area contributed by atoms with E-state index in [1.54, 1.807) is 4.90 Å². The molecule has 1 atom stereocenters. The van der Waals surface area contributed by atoms with Gasteiger partial charge in [-0.25, -0.2) is 0 Å². The molecule has 1 saturated heterocycles. The van der Waals surface area contributed by atoms with Crippen LogP contribution in [0.15, 0.2) is 0 Å². The number of β-amino-alcohol motifs (C(OH)–C–C–N with tert-alkyl or cyclic N) is 1. The van der Waals surface area contributed by atoms with Crippen LogP contribution in [0.5, 0.6) is 0 Å². The molecular formula is C20H39N3O2. The van der Waals surface area contributed by atoms with Crippen molar-refractivity contribution in [1.29, 1.82) is 0 Å². The van der Waals surface area contributed by atoms with Crippen molar-refractivity contribution in [3.05, 3.63) is 0 Å². The molecular weight excluding hydrogens is 314 g/mol. The van der Waals surface area contributed by atoms with Crippen molar-refractivity contribution >= 4 is 5.91 Å². The second-order valence-corrected chi connectivity index (χ2v) is 9.79. The highest BCUT2D eigenvalue weighted by molar-refractivity contribution is 5.78. The van der Waals surface area contributed by atoms with Crippen LogP contribution in [0.3, 0.4) is 0 Å². The van der Waals surface area contributed by atoms with Gasteiger partial charge in [0.25, 0.3) is 0 Å². The van der Waals surface area contributed by atoms with Gasteiger partial charge in [0.15, 0.2) is 0 Å². The van der Waals surface area contributed by atoms with Crippen LogP contribution in [0, 0.1) is 17.3 Å². The molecule has 5 nitrogen and oxygen atoms in total. The van der Waals surface area contributed by atoms with Gasteiger partial charge >= 0.3 is 0 Å². The lowest BCUT2D eigenvalue weighted by atomic mass is 9.68. The van der Waals surface area contributed by atoms with Crippen molar-refractivity contribution in [1.82, 2.24) is 14.7 Å². The summed E-state index contributed by atoms with van der Waals surface area (Å²) in [4.78, 5) is 18.7. The quantitative estimate of drug-likeness (QED) is 0.842. The van der Waals surface area contributed by atoms with Crippen LogP contribution in [0.1, 0.15) is 46.5 Å². The lowest BCUT2D eigenvalue weighted by Gasteiger charge is -2.43. The molecule has 0 aromatic heterocycles. The van der Waals surface area contributed by atoms with Crippen molar-refractivity contribution in [3.8, 4) is 0 Å². The average Bonchev–Trinajstić information content (AvgIpc) is 2.67. The molecule has 0 aromatic rings. The Morgan fingerprint density at radius 1 is 1.16 bits per heavy atom. The number of likely N-dealkylation sites (N-methyl/N-ethyl adjacent to an activating group) is 1. The van der Waals surface area contributed by atoms with E-state index in [1.165, 1.54) is 0 Å². The lowest BCUT2D eigenvalue weighted by molar-refractivity contribution is -0.134. The van der Waals surface area contributed by atoms with Crippen molar-refractivity contribution in [2.45, 2.75) is 52.1 Å². The Balaban J connectivity index is 1.97. The van der Waals surface area contributed by atoms with E-state index in [9.17, 15) is 9.90 Å². The third kappa shape index (κ3) is 5.66. The first-order valence-electron chi connectivity index (χ1n) is 9.85. The van der Waals surface area contributed by atoms with E-state index in [0.717, 1.165) is 51.9 Å². The van der Waals surface area contributed by atoms with Gasteiger partial charge in [-0.1, -0.05) is 20.8 Å². The number of rotatable bonds is 3. The predicted molar refractivity (Wildman–Crippen MR) is 102 cm³/mol. The lowest BCUT2D eigenvalue weighted by Crippen LogP contribution is -2.49. The molecule has 2 rings (SSSR count). The second kappa shape index (κ2) is 7.93. The first-order chi connectivity index (χ1) is 11.5. The van der Waals surface area contributed by atoms with Gasteiger partial charge < -0.3 is 14.9 Å². The van der Waals surface area contributed by atoms with Crippen LogP contribution < -0.4 is 0 Å². The molecule has 5 heteroatoms. The highest BCUT2D eigenvalue weighted by Crippen LogP contribution is 2.41. The Bertz CT molecular complexity index is 450. The number of carbonyl (C=O) groups is 1. The smallest absolute Gasteiger partial charge is 0.227 e. The maximum atomic E-state index is 12.5. The summed E-state index contributed by atoms with van der Waals surface area (Å²) in [7, 11) is 5.75. The molecule has 1 N–H and O–H groups in total. The van der Waals surface area contributed by atoms with Gasteiger partial charge in [-0.15, -0.1) is 0 Å². The monoisotopic (exact) mass is 353 g/mol. The molecule has 0 radical (unpaired) electrons. The minimum atomic E-state index is -0.587. The van der Waals surface area contributed by atoms with Crippen LogP contribution in [-0.2, 0) is 4.79 Å². The summed E-state index contributed by atoms with van der Waals surface area (Å²) in [6, 6.07) is 0. The maximum absolute atomic E-state index is 12.5. The molecule has 1 saturated carbocycles. The third-order valence-electron chi connectivity index (χ3n) is 6.26. The molecule has 25 heavy (non-hydrogen) atoms. The summed E-state index contributed by atoms with van der Waals surface area (Å²) in [5.41, 5.74) is -0.258. The van der Waals surface area contributed by atoms with E-state index < -0.39 is 5.60 Å². The fourth-order valence-electron chi connectivity index (χ4n) is 4.50. The van der Waals surface area contributed by atoms with Gasteiger partial charge in [0, 0.05) is 46.8 Å². The fourth-order valence-corrected chi connectivity index (χ4v) is 4.50. The topological polar surface area (TPSA) is 47.0 Å². The number of aliphatic hydroxyl groups is 1. The number of carbonyl (C=O) groups excluding carboxylic acids is 1. The predicted octanol–water partition coefficient (Wildman–Crippen LogP) is 1.91. The van der Waals surface area contributed by atoms with Crippen molar-refractivity contribution in [3.63, 3.8) is 0 Å². The molecule has 0 bridgehead atoms. The molecule has 1 heterocycles. The summed E-state index contributed by atoms with van der Waals surface area (Å²) in [6.07, 6.45) is 3.97. The Kier molecular flexibility index (Phi) is 6.55. The second-order valence-electron chi connectivity index (χ2n) is 9.79. The first kappa shape index (κ1) is 20.7. The first-order valence-corrected chi connectivity index (χ1v) is 9.85. The molecule has 146 valence electrons. The summed E-state index contributed by atoms with van der Waals surface area (Å²) in [6.45, 7) is 11.1. The highest BCUT2D eigenvalue weighted by Gasteiger charge is 2.39. The molecule has 1 amide bonds. The highest BCUT2D eigenvalue weighted by atomic mass is 16.3. The Morgan fingerprint density at radius 2 is 1.76 bits per heavy atom. The van der Waals surface area contributed by atoms with Gasteiger partial charge in [-0.3, -0.25) is 9.69 Å². The Hall–Kier alpha value is -0.650. The van der Waals surface area contributed by atoms with E-state index in [1.807, 2.05) is 14.1 Å². The molecule has 1 aliphatic carbocycles. The van der Waals surface area contributed by atoms with Gasteiger partial charge in [0.2, 0.25) is 5.91 Å². The standard InChI is InChI=1S/C20H39N3O2/c1-19(2,3)17-7-9-20(25,10-8-17)15-23-12-11-22(6)13-16(14-23)18(24)21(4)5/h16-17,25H,7-15H2,1-6H3/t16-,17?,20?/m0/s1. The number of hydrogen-bond donors (Lipinski definition) is 1. The Labute approximate surface area is 154 Å². The van der Waals surface area contributed by atoms with Crippen molar-refractivity contribution in [2.75, 3.05) is 53.9 Å². The zero-order valence-electron chi connectivity index (χ0n) is 17.2. The van der Waals surface area contributed by atoms with E-state index in [4.69, 9.17) is 0 Å². The van der Waals surface area contributed by atoms with Crippen LogP contribution >= 0.6 is 0 Å². The number of amides is 1. The Morgan fingerprint density at radius 3 is 2.28 bits per heavy atom. The minimum Gasteiger partial charge on any atom is -0.389 e. The van der Waals surface area contributed by atoms with Crippen LogP contribution in [0.25, 0.3) is 0 Å². The zero-order valence-corrected chi connectivity index (χ0v) is 17.2. The van der Waals surface area contributed by atoms with Gasteiger partial charge in [-0.05, 0) is 44.1 Å². The third-order valence-corrected chi connectivity index (χ3v) is 6.26.